The largest absolute Gasteiger partial charge is 0.497 e. The van der Waals surface area contributed by atoms with E-state index in [0.717, 1.165) is 16.7 Å². The number of nitrogens with zero attached hydrogens (tertiary/aromatic N) is 1. The Morgan fingerprint density at radius 1 is 1.40 bits per heavy atom. The van der Waals surface area contributed by atoms with E-state index in [2.05, 4.69) is 5.16 Å². The van der Waals surface area contributed by atoms with E-state index in [9.17, 15) is 0 Å². The van der Waals surface area contributed by atoms with Gasteiger partial charge in [-0.3, -0.25) is 0 Å². The fourth-order valence-corrected chi connectivity index (χ4v) is 1.38. The number of furan rings is 1. The van der Waals surface area contributed by atoms with Gasteiger partial charge in [-0.1, -0.05) is 5.16 Å². The predicted molar refractivity (Wildman–Crippen MR) is 56.8 cm³/mol. The maximum Gasteiger partial charge on any atom is 0.152 e. The molecule has 0 bridgehead atoms. The summed E-state index contributed by atoms with van der Waals surface area (Å²) in [6.07, 6.45) is 0. The van der Waals surface area contributed by atoms with Gasteiger partial charge < -0.3 is 14.4 Å². The van der Waals surface area contributed by atoms with Crippen LogP contribution in [-0.2, 0) is 0 Å². The van der Waals surface area contributed by atoms with Crippen molar-refractivity contribution in [2.45, 2.75) is 6.92 Å². The number of methoxy groups -OCH3 is 1. The van der Waals surface area contributed by atoms with Gasteiger partial charge in [0.2, 0.25) is 0 Å². The fourth-order valence-electron chi connectivity index (χ4n) is 1.38. The molecule has 0 aliphatic carbocycles. The summed E-state index contributed by atoms with van der Waals surface area (Å²) in [5.41, 5.74) is 1.19. The van der Waals surface area contributed by atoms with Gasteiger partial charge >= 0.3 is 0 Å². The molecule has 0 fully saturated rings. The highest BCUT2D eigenvalue weighted by molar-refractivity contribution is 5.99. The van der Waals surface area contributed by atoms with Gasteiger partial charge in [0.05, 0.1) is 7.11 Å². The zero-order valence-corrected chi connectivity index (χ0v) is 8.52. The van der Waals surface area contributed by atoms with Crippen LogP contribution in [0.25, 0.3) is 11.0 Å². The lowest BCUT2D eigenvalue weighted by Crippen LogP contribution is -1.89. The summed E-state index contributed by atoms with van der Waals surface area (Å²) in [6.45, 7) is 1.68. The molecule has 0 saturated heterocycles. The number of benzene rings is 1. The van der Waals surface area contributed by atoms with Gasteiger partial charge in [0.1, 0.15) is 17.0 Å². The lowest BCUT2D eigenvalue weighted by molar-refractivity contribution is 0.318. The van der Waals surface area contributed by atoms with Crippen LogP contribution in [-0.4, -0.2) is 18.0 Å². The monoisotopic (exact) mass is 205 g/mol. The highest BCUT2D eigenvalue weighted by atomic mass is 16.5. The van der Waals surface area contributed by atoms with Crippen molar-refractivity contribution in [3.63, 3.8) is 0 Å². The molecule has 0 aliphatic heterocycles. The molecule has 0 atom stereocenters. The lowest BCUT2D eigenvalue weighted by atomic mass is 10.2. The summed E-state index contributed by atoms with van der Waals surface area (Å²) < 4.78 is 10.6. The molecule has 0 spiro atoms. The van der Waals surface area contributed by atoms with Gasteiger partial charge in [0.25, 0.3) is 0 Å². The number of rotatable bonds is 2. The minimum atomic E-state index is 0.449. The van der Waals surface area contributed by atoms with E-state index in [1.807, 2.05) is 24.3 Å². The molecule has 78 valence electrons. The predicted octanol–water partition coefficient (Wildman–Crippen LogP) is 2.64. The molecule has 2 rings (SSSR count). The SMILES string of the molecule is COc1ccc2oc(/C(C)=N/O)cc2c1. The summed E-state index contributed by atoms with van der Waals surface area (Å²) in [6, 6.07) is 7.32. The molecule has 1 aromatic carbocycles. The third-order valence-corrected chi connectivity index (χ3v) is 2.23. The van der Waals surface area contributed by atoms with Gasteiger partial charge in [-0.15, -0.1) is 0 Å². The zero-order chi connectivity index (χ0) is 10.8. The van der Waals surface area contributed by atoms with E-state index in [4.69, 9.17) is 14.4 Å². The van der Waals surface area contributed by atoms with Crippen LogP contribution < -0.4 is 4.74 Å². The van der Waals surface area contributed by atoms with Gasteiger partial charge in [0, 0.05) is 5.39 Å². The van der Waals surface area contributed by atoms with Gasteiger partial charge in [-0.05, 0) is 31.2 Å². The van der Waals surface area contributed by atoms with E-state index in [0.29, 0.717) is 11.5 Å². The van der Waals surface area contributed by atoms with Crippen molar-refractivity contribution in [3.05, 3.63) is 30.0 Å². The van der Waals surface area contributed by atoms with Crippen molar-refractivity contribution in [1.29, 1.82) is 0 Å². The molecule has 4 heteroatoms. The van der Waals surface area contributed by atoms with Gasteiger partial charge in [-0.2, -0.15) is 0 Å². The first-order chi connectivity index (χ1) is 7.24. The number of hydrogen-bond donors (Lipinski definition) is 1. The van der Waals surface area contributed by atoms with Crippen LogP contribution in [0.1, 0.15) is 12.7 Å². The first-order valence-electron chi connectivity index (χ1n) is 4.51. The smallest absolute Gasteiger partial charge is 0.152 e. The Bertz CT molecular complexity index is 514. The van der Waals surface area contributed by atoms with Crippen molar-refractivity contribution >= 4 is 16.7 Å². The van der Waals surface area contributed by atoms with Gasteiger partial charge in [-0.25, -0.2) is 0 Å². The quantitative estimate of drug-likeness (QED) is 0.466. The van der Waals surface area contributed by atoms with E-state index in [-0.39, 0.29) is 0 Å². The minimum absolute atomic E-state index is 0.449. The van der Waals surface area contributed by atoms with Crippen LogP contribution >= 0.6 is 0 Å². The molecule has 1 aromatic heterocycles. The standard InChI is InChI=1S/C11H11NO3/c1-7(12-13)11-6-8-5-9(14-2)3-4-10(8)15-11/h3-6,13H,1-2H3/b12-7+. The Labute approximate surface area is 86.8 Å². The molecular formula is C11H11NO3. The topological polar surface area (TPSA) is 55.0 Å². The number of hydrogen-bond acceptors (Lipinski definition) is 4. The second-order valence-electron chi connectivity index (χ2n) is 3.20. The average Bonchev–Trinajstić information content (AvgIpc) is 2.70. The van der Waals surface area contributed by atoms with Crippen LogP contribution in [0.15, 0.2) is 33.8 Å². The molecule has 0 aliphatic rings. The molecular weight excluding hydrogens is 194 g/mol. The summed E-state index contributed by atoms with van der Waals surface area (Å²) in [7, 11) is 1.61. The second-order valence-corrected chi connectivity index (χ2v) is 3.20. The maximum atomic E-state index is 8.62. The number of ether oxygens (including phenoxy) is 1. The highest BCUT2D eigenvalue weighted by Crippen LogP contribution is 2.24. The van der Waals surface area contributed by atoms with E-state index in [1.54, 1.807) is 14.0 Å². The third-order valence-electron chi connectivity index (χ3n) is 2.23. The van der Waals surface area contributed by atoms with E-state index >= 15 is 0 Å². The van der Waals surface area contributed by atoms with Crippen molar-refractivity contribution in [3.8, 4) is 5.75 Å². The molecule has 15 heavy (non-hydrogen) atoms. The molecule has 2 aromatic rings. The summed E-state index contributed by atoms with van der Waals surface area (Å²) in [4.78, 5) is 0. The minimum Gasteiger partial charge on any atom is -0.497 e. The Hall–Kier alpha value is -1.97. The Kier molecular flexibility index (Phi) is 2.33. The molecule has 4 nitrogen and oxygen atoms in total. The first-order valence-corrected chi connectivity index (χ1v) is 4.51. The summed E-state index contributed by atoms with van der Waals surface area (Å²) >= 11 is 0. The third kappa shape index (κ3) is 1.66. The van der Waals surface area contributed by atoms with E-state index < -0.39 is 0 Å². The second kappa shape index (κ2) is 3.65. The molecule has 0 saturated carbocycles. The Morgan fingerprint density at radius 2 is 2.20 bits per heavy atom. The van der Waals surface area contributed by atoms with Crippen LogP contribution in [0.2, 0.25) is 0 Å². The molecule has 1 N–H and O–H groups in total. The molecule has 0 unspecified atom stereocenters. The number of fused-ring (bicyclic) bond motifs is 1. The molecule has 0 radical (unpaired) electrons. The fraction of sp³-hybridized carbons (Fsp3) is 0.182. The van der Waals surface area contributed by atoms with Crippen molar-refractivity contribution in [2.24, 2.45) is 5.16 Å². The average molecular weight is 205 g/mol. The van der Waals surface area contributed by atoms with E-state index in [1.165, 1.54) is 0 Å². The summed E-state index contributed by atoms with van der Waals surface area (Å²) in [5.74, 6) is 1.33. The summed E-state index contributed by atoms with van der Waals surface area (Å²) in [5, 5.41) is 12.6. The van der Waals surface area contributed by atoms with Gasteiger partial charge in [0.15, 0.2) is 5.76 Å². The molecule has 0 amide bonds. The number of oxime groups is 1. The van der Waals surface area contributed by atoms with Crippen LogP contribution in [0.4, 0.5) is 0 Å². The van der Waals surface area contributed by atoms with Crippen LogP contribution in [0, 0.1) is 0 Å². The first kappa shape index (κ1) is 9.58. The highest BCUT2D eigenvalue weighted by Gasteiger charge is 2.07. The normalized spacial score (nSPS) is 12.0. The Morgan fingerprint density at radius 3 is 2.87 bits per heavy atom. The van der Waals surface area contributed by atoms with Crippen LogP contribution in [0.5, 0.6) is 5.75 Å². The van der Waals surface area contributed by atoms with Crippen LogP contribution in [0.3, 0.4) is 0 Å². The zero-order valence-electron chi connectivity index (χ0n) is 8.52. The lowest BCUT2D eigenvalue weighted by Gasteiger charge is -1.96. The van der Waals surface area contributed by atoms with Crippen molar-refractivity contribution in [1.82, 2.24) is 0 Å². The molecule has 1 heterocycles. The Balaban J connectivity index is 2.56. The maximum absolute atomic E-state index is 8.62. The van der Waals surface area contributed by atoms with Crippen molar-refractivity contribution < 1.29 is 14.4 Å². The van der Waals surface area contributed by atoms with Crippen molar-refractivity contribution in [2.75, 3.05) is 7.11 Å².